The summed E-state index contributed by atoms with van der Waals surface area (Å²) in [6, 6.07) is 70.6. The molecule has 2 heterocycles. The van der Waals surface area contributed by atoms with Crippen molar-refractivity contribution < 1.29 is 47.4 Å². The molecule has 0 aliphatic carbocycles. The monoisotopic (exact) mass is 956 g/mol. The highest BCUT2D eigenvalue weighted by Crippen LogP contribution is 2.35. The summed E-state index contributed by atoms with van der Waals surface area (Å²) in [4.78, 5) is 0. The second kappa shape index (κ2) is 26.5. The van der Waals surface area contributed by atoms with E-state index >= 15 is 0 Å². The van der Waals surface area contributed by atoms with E-state index in [4.69, 9.17) is 47.4 Å². The summed E-state index contributed by atoms with van der Waals surface area (Å²) in [7, 11) is 0. The van der Waals surface area contributed by atoms with E-state index in [0.717, 1.165) is 38.9 Å². The predicted octanol–water partition coefficient (Wildman–Crippen LogP) is 11.2. The van der Waals surface area contributed by atoms with Crippen molar-refractivity contribution in [1.29, 1.82) is 0 Å². The molecule has 0 aromatic heterocycles. The lowest BCUT2D eigenvalue weighted by Crippen LogP contribution is -2.63. The lowest BCUT2D eigenvalue weighted by Gasteiger charge is -2.47. The zero-order valence-corrected chi connectivity index (χ0v) is 40.2. The minimum absolute atomic E-state index is 0.0186. The third-order valence-corrected chi connectivity index (χ3v) is 12.7. The summed E-state index contributed by atoms with van der Waals surface area (Å²) in [6.07, 6.45) is -6.95. The van der Waals surface area contributed by atoms with Crippen molar-refractivity contribution in [2.24, 2.45) is 0 Å². The van der Waals surface area contributed by atoms with Crippen LogP contribution in [0, 0.1) is 0 Å². The van der Waals surface area contributed by atoms with Crippen LogP contribution in [-0.2, 0) is 93.6 Å². The lowest BCUT2D eigenvalue weighted by molar-refractivity contribution is -0.351. The third kappa shape index (κ3) is 14.6. The largest absolute Gasteiger partial charge is 0.368 e. The van der Waals surface area contributed by atoms with Crippen molar-refractivity contribution in [2.75, 3.05) is 6.61 Å². The normalized spacial score (nSPS) is 24.4. The first-order valence-corrected chi connectivity index (χ1v) is 24.6. The Morgan fingerprint density at radius 1 is 0.268 bits per heavy atom. The molecule has 10 heteroatoms. The van der Waals surface area contributed by atoms with E-state index in [9.17, 15) is 0 Å². The van der Waals surface area contributed by atoms with Crippen LogP contribution < -0.4 is 0 Å². The Hall–Kier alpha value is -5.86. The Kier molecular flexibility index (Phi) is 18.7. The van der Waals surface area contributed by atoms with E-state index in [2.05, 4.69) is 24.3 Å². The fourth-order valence-electron chi connectivity index (χ4n) is 8.96. The van der Waals surface area contributed by atoms with E-state index in [1.54, 1.807) is 0 Å². The molecule has 2 aliphatic rings. The molecule has 2 saturated heterocycles. The second-order valence-electron chi connectivity index (χ2n) is 17.9. The molecule has 7 aromatic carbocycles. The van der Waals surface area contributed by atoms with Gasteiger partial charge in [0.15, 0.2) is 12.6 Å². The first-order chi connectivity index (χ1) is 35.1. The summed E-state index contributed by atoms with van der Waals surface area (Å²) in [5, 5.41) is 0. The minimum atomic E-state index is -0.913. The van der Waals surface area contributed by atoms with Gasteiger partial charge in [-0.1, -0.05) is 212 Å². The molecule has 0 unspecified atom stereocenters. The summed E-state index contributed by atoms with van der Waals surface area (Å²) < 4.78 is 69.1. The minimum Gasteiger partial charge on any atom is -0.368 e. The summed E-state index contributed by atoms with van der Waals surface area (Å²) in [6.45, 7) is 4.14. The van der Waals surface area contributed by atoms with Crippen molar-refractivity contribution in [1.82, 2.24) is 0 Å². The molecule has 10 atom stereocenters. The average Bonchev–Trinajstić information content (AvgIpc) is 3.43. The maximum absolute atomic E-state index is 7.09. The van der Waals surface area contributed by atoms with Crippen molar-refractivity contribution in [2.45, 2.75) is 115 Å². The second-order valence-corrected chi connectivity index (χ2v) is 17.9. The van der Waals surface area contributed by atoms with Gasteiger partial charge in [0.25, 0.3) is 0 Å². The number of ether oxygens (including phenoxy) is 10. The zero-order valence-electron chi connectivity index (χ0n) is 40.2. The maximum Gasteiger partial charge on any atom is 0.187 e. The molecule has 10 nitrogen and oxygen atoms in total. The number of hydrogen-bond acceptors (Lipinski definition) is 10. The standard InChI is InChI=1S/C61H64O10/c1-45-54(62-37-46-23-9-2-10-24-46)56(64-39-48-27-13-4-14-28-48)58(66-41-50-31-17-6-18-32-50)60(70-45)69-44-53-55(63-38-47-25-11-3-12-26-47)57(65-40-49-29-15-5-16-30-49)59(67-42-51-33-19-7-20-34-51)61(71-53)68-43-52-35-21-8-22-36-52/h2-36,45,53-61H,37-44H2,1H3/t45-,53-,54-,55-,56+,57+,58-,59-,60-,61-/m1/s1. The predicted molar refractivity (Wildman–Crippen MR) is 270 cm³/mol. The van der Waals surface area contributed by atoms with Gasteiger partial charge in [-0.15, -0.1) is 0 Å². The van der Waals surface area contributed by atoms with Gasteiger partial charge in [-0.2, -0.15) is 0 Å². The molecule has 2 aliphatic heterocycles. The van der Waals surface area contributed by atoms with Crippen LogP contribution in [0.3, 0.4) is 0 Å². The van der Waals surface area contributed by atoms with Crippen molar-refractivity contribution in [3.8, 4) is 0 Å². The van der Waals surface area contributed by atoms with Gasteiger partial charge in [-0.25, -0.2) is 0 Å². The number of hydrogen-bond donors (Lipinski definition) is 0. The first-order valence-electron chi connectivity index (χ1n) is 24.6. The highest BCUT2D eigenvalue weighted by molar-refractivity contribution is 5.19. The van der Waals surface area contributed by atoms with Gasteiger partial charge < -0.3 is 47.4 Å². The SMILES string of the molecule is C[C@H]1O[C@@H](OC[C@H]2O[C@@H](OCc3ccccc3)[C@H](OCc3ccccc3)[C@@H](OCc3ccccc3)[C@@H]2OCc2ccccc2)[C@H](OCc2ccccc2)[C@@H](OCc2ccccc2)[C@@H]1OCc1ccccc1. The van der Waals surface area contributed by atoms with Crippen LogP contribution in [0.5, 0.6) is 0 Å². The van der Waals surface area contributed by atoms with Crippen molar-refractivity contribution >= 4 is 0 Å². The molecule has 368 valence electrons. The van der Waals surface area contributed by atoms with Crippen LogP contribution in [-0.4, -0.2) is 68.0 Å². The zero-order chi connectivity index (χ0) is 48.3. The highest BCUT2D eigenvalue weighted by atomic mass is 16.7. The fourth-order valence-corrected chi connectivity index (χ4v) is 8.96. The van der Waals surface area contributed by atoms with Gasteiger partial charge >= 0.3 is 0 Å². The molecular weight excluding hydrogens is 893 g/mol. The van der Waals surface area contributed by atoms with Crippen molar-refractivity contribution in [3.05, 3.63) is 251 Å². The van der Waals surface area contributed by atoms with Crippen LogP contribution in [0.15, 0.2) is 212 Å². The molecule has 0 radical (unpaired) electrons. The molecular formula is C61H64O10. The van der Waals surface area contributed by atoms with Gasteiger partial charge in [-0.05, 0) is 45.9 Å². The summed E-state index contributed by atoms with van der Waals surface area (Å²) in [5.41, 5.74) is 7.05. The summed E-state index contributed by atoms with van der Waals surface area (Å²) >= 11 is 0. The van der Waals surface area contributed by atoms with Gasteiger partial charge in [-0.3, -0.25) is 0 Å². The Morgan fingerprint density at radius 3 is 0.859 bits per heavy atom. The van der Waals surface area contributed by atoms with E-state index in [0.29, 0.717) is 26.4 Å². The average molecular weight is 957 g/mol. The summed E-state index contributed by atoms with van der Waals surface area (Å²) in [5.74, 6) is 0. The van der Waals surface area contributed by atoms with Crippen LogP contribution >= 0.6 is 0 Å². The van der Waals surface area contributed by atoms with Crippen LogP contribution in [0.25, 0.3) is 0 Å². The molecule has 0 saturated carbocycles. The van der Waals surface area contributed by atoms with Crippen LogP contribution in [0.1, 0.15) is 45.9 Å². The van der Waals surface area contributed by atoms with Crippen molar-refractivity contribution in [3.63, 3.8) is 0 Å². The lowest BCUT2D eigenvalue weighted by atomic mass is 9.97. The molecule has 0 spiro atoms. The van der Waals surface area contributed by atoms with E-state index < -0.39 is 61.4 Å². The molecule has 0 amide bonds. The smallest absolute Gasteiger partial charge is 0.187 e. The fraction of sp³-hybridized carbons (Fsp3) is 0.311. The Morgan fingerprint density at radius 2 is 0.521 bits per heavy atom. The molecule has 0 bridgehead atoms. The number of benzene rings is 7. The Labute approximate surface area is 418 Å². The highest BCUT2D eigenvalue weighted by Gasteiger charge is 2.51. The van der Waals surface area contributed by atoms with E-state index in [-0.39, 0.29) is 26.4 Å². The molecule has 9 rings (SSSR count). The van der Waals surface area contributed by atoms with Crippen LogP contribution in [0.2, 0.25) is 0 Å². The van der Waals surface area contributed by atoms with E-state index in [1.807, 2.05) is 195 Å². The van der Waals surface area contributed by atoms with Gasteiger partial charge in [0.2, 0.25) is 0 Å². The number of rotatable bonds is 24. The quantitative estimate of drug-likeness (QED) is 0.0583. The molecule has 0 N–H and O–H groups in total. The van der Waals surface area contributed by atoms with Gasteiger partial charge in [0, 0.05) is 0 Å². The van der Waals surface area contributed by atoms with Crippen LogP contribution in [0.4, 0.5) is 0 Å². The Bertz CT molecular complexity index is 2530. The first kappa shape index (κ1) is 50.1. The maximum atomic E-state index is 7.09. The van der Waals surface area contributed by atoms with E-state index in [1.165, 1.54) is 0 Å². The third-order valence-electron chi connectivity index (χ3n) is 12.7. The van der Waals surface area contributed by atoms with Gasteiger partial charge in [0.1, 0.15) is 42.7 Å². The molecule has 2 fully saturated rings. The Balaban J connectivity index is 1.04. The molecule has 71 heavy (non-hydrogen) atoms. The van der Waals surface area contributed by atoms with Gasteiger partial charge in [0.05, 0.1) is 59.0 Å². The molecule has 7 aromatic rings. The topological polar surface area (TPSA) is 92.3 Å².